The first-order valence-corrected chi connectivity index (χ1v) is 1.61. The standard InChI is InChI=1S/CH5N5O2/c2-5-3-1(7)4-6-8/h6,8H,(H3,2,3,4,7). The quantitative estimate of drug-likeness (QED) is 0.199. The van der Waals surface area contributed by atoms with E-state index in [4.69, 9.17) is 5.21 Å². The van der Waals surface area contributed by atoms with Gasteiger partial charge in [-0.1, -0.05) is 10.3 Å². The van der Waals surface area contributed by atoms with Gasteiger partial charge in [0.1, 0.15) is 0 Å². The highest BCUT2D eigenvalue weighted by Crippen LogP contribution is 1.67. The molecule has 0 aromatic heterocycles. The lowest BCUT2D eigenvalue weighted by molar-refractivity contribution is 0.128. The Kier molecular flexibility index (Phi) is 3.36. The van der Waals surface area contributed by atoms with E-state index in [9.17, 15) is 4.79 Å². The number of hydrogen-bond donors (Lipinski definition) is 4. The molecule has 46 valence electrons. The van der Waals surface area contributed by atoms with E-state index >= 15 is 0 Å². The van der Waals surface area contributed by atoms with Crippen LogP contribution in [-0.2, 0) is 0 Å². The van der Waals surface area contributed by atoms with Crippen LogP contribution in [0.4, 0.5) is 4.79 Å². The third kappa shape index (κ3) is 3.00. The molecule has 0 saturated heterocycles. The normalized spacial score (nSPS) is 9.62. The molecular formula is CH5N5O2. The van der Waals surface area contributed by atoms with Gasteiger partial charge in [-0.3, -0.25) is 5.21 Å². The molecule has 0 unspecified atom stereocenters. The second kappa shape index (κ2) is 3.96. The Bertz CT molecular complexity index is 98.6. The highest BCUT2D eigenvalue weighted by atomic mass is 16.5. The minimum atomic E-state index is -0.866. The van der Waals surface area contributed by atoms with Crippen molar-refractivity contribution in [3.05, 3.63) is 0 Å². The number of amides is 2. The minimum Gasteiger partial charge on any atom is -0.304 e. The number of nitrogens with zero attached hydrogens (tertiary/aromatic N) is 2. The molecule has 7 heteroatoms. The second-order valence-corrected chi connectivity index (χ2v) is 0.757. The summed E-state index contributed by atoms with van der Waals surface area (Å²) in [6, 6.07) is -0.866. The van der Waals surface area contributed by atoms with Gasteiger partial charge >= 0.3 is 6.03 Å². The van der Waals surface area contributed by atoms with Gasteiger partial charge in [-0.25, -0.2) is 10.2 Å². The molecule has 0 aromatic rings. The highest BCUT2D eigenvalue weighted by Gasteiger charge is 1.90. The van der Waals surface area contributed by atoms with Crippen LogP contribution in [0.25, 0.3) is 0 Å². The van der Waals surface area contributed by atoms with E-state index in [-0.39, 0.29) is 0 Å². The number of carbonyl (C=O) groups is 1. The summed E-state index contributed by atoms with van der Waals surface area (Å²) in [4.78, 5) is 9.97. The number of nitrogens with one attached hydrogen (secondary N) is 2. The molecule has 7 nitrogen and oxygen atoms in total. The van der Waals surface area contributed by atoms with Crippen molar-refractivity contribution in [3.63, 3.8) is 0 Å². The summed E-state index contributed by atoms with van der Waals surface area (Å²) >= 11 is 0. The molecule has 0 aliphatic rings. The van der Waals surface area contributed by atoms with Gasteiger partial charge < -0.3 is 5.84 Å². The number of urea groups is 1. The van der Waals surface area contributed by atoms with Crippen molar-refractivity contribution in [2.75, 3.05) is 0 Å². The summed E-state index contributed by atoms with van der Waals surface area (Å²) in [6.45, 7) is 0. The van der Waals surface area contributed by atoms with Crippen molar-refractivity contribution in [1.82, 2.24) is 11.0 Å². The lowest BCUT2D eigenvalue weighted by Crippen LogP contribution is -2.32. The van der Waals surface area contributed by atoms with Crippen molar-refractivity contribution < 1.29 is 10.0 Å². The molecule has 0 aliphatic carbocycles. The second-order valence-electron chi connectivity index (χ2n) is 0.757. The number of hydrazine groups is 1. The van der Waals surface area contributed by atoms with Gasteiger partial charge in [-0.2, -0.15) is 0 Å². The molecule has 0 aliphatic heterocycles. The van der Waals surface area contributed by atoms with Gasteiger partial charge in [-0.05, 0) is 0 Å². The molecule has 0 bridgehead atoms. The monoisotopic (exact) mass is 119 g/mol. The molecule has 0 rings (SSSR count). The van der Waals surface area contributed by atoms with E-state index in [0.29, 0.717) is 0 Å². The van der Waals surface area contributed by atoms with Gasteiger partial charge in [0.05, 0.1) is 0 Å². The third-order valence-electron chi connectivity index (χ3n) is 0.311. The first kappa shape index (κ1) is 6.79. The Morgan fingerprint density at radius 1 is 1.75 bits per heavy atom. The minimum absolute atomic E-state index is 0.866. The van der Waals surface area contributed by atoms with Crippen LogP contribution in [0.2, 0.25) is 0 Å². The SMILES string of the molecule is NN=NC(=O)NNO. The van der Waals surface area contributed by atoms with Crippen molar-refractivity contribution in [2.45, 2.75) is 0 Å². The van der Waals surface area contributed by atoms with Crippen LogP contribution in [0.1, 0.15) is 0 Å². The highest BCUT2D eigenvalue weighted by molar-refractivity contribution is 5.73. The predicted octanol–water partition coefficient (Wildman–Crippen LogP) is -1.08. The molecule has 0 fully saturated rings. The lowest BCUT2D eigenvalue weighted by Gasteiger charge is -1.90. The summed E-state index contributed by atoms with van der Waals surface area (Å²) in [5.74, 6) is 4.45. The molecule has 5 N–H and O–H groups in total. The average molecular weight is 119 g/mol. The van der Waals surface area contributed by atoms with Gasteiger partial charge in [0.25, 0.3) is 0 Å². The zero-order valence-electron chi connectivity index (χ0n) is 3.83. The van der Waals surface area contributed by atoms with Crippen molar-refractivity contribution >= 4 is 6.03 Å². The molecule has 0 aromatic carbocycles. The van der Waals surface area contributed by atoms with Gasteiger partial charge in [0, 0.05) is 0 Å². The van der Waals surface area contributed by atoms with Crippen LogP contribution in [0.5, 0.6) is 0 Å². The Hall–Kier alpha value is -1.21. The predicted molar refractivity (Wildman–Crippen MR) is 22.5 cm³/mol. The Morgan fingerprint density at radius 3 is 2.75 bits per heavy atom. The van der Waals surface area contributed by atoms with E-state index < -0.39 is 6.03 Å². The fourth-order valence-corrected chi connectivity index (χ4v) is 0.125. The maximum Gasteiger partial charge on any atom is 0.377 e. The van der Waals surface area contributed by atoms with Crippen LogP contribution in [0.15, 0.2) is 10.3 Å². The topological polar surface area (TPSA) is 112 Å². The average Bonchev–Trinajstić information content (AvgIpc) is 1.68. The van der Waals surface area contributed by atoms with Crippen LogP contribution >= 0.6 is 0 Å². The molecule has 0 radical (unpaired) electrons. The van der Waals surface area contributed by atoms with Crippen molar-refractivity contribution in [2.24, 2.45) is 16.2 Å². The van der Waals surface area contributed by atoms with E-state index in [0.717, 1.165) is 0 Å². The van der Waals surface area contributed by atoms with Crippen LogP contribution in [0, 0.1) is 0 Å². The van der Waals surface area contributed by atoms with Crippen LogP contribution in [0.3, 0.4) is 0 Å². The summed E-state index contributed by atoms with van der Waals surface area (Å²) < 4.78 is 0. The first-order valence-electron chi connectivity index (χ1n) is 1.61. The van der Waals surface area contributed by atoms with Gasteiger partial charge in [0.2, 0.25) is 0 Å². The summed E-state index contributed by atoms with van der Waals surface area (Å²) in [7, 11) is 0. The Labute approximate surface area is 44.5 Å². The molecule has 8 heavy (non-hydrogen) atoms. The van der Waals surface area contributed by atoms with Crippen molar-refractivity contribution in [3.8, 4) is 0 Å². The zero-order chi connectivity index (χ0) is 6.41. The molecule has 0 heterocycles. The van der Waals surface area contributed by atoms with E-state index in [1.807, 2.05) is 0 Å². The molecular weight excluding hydrogens is 114 g/mol. The third-order valence-corrected chi connectivity index (χ3v) is 0.311. The summed E-state index contributed by atoms with van der Waals surface area (Å²) in [6.07, 6.45) is 0. The van der Waals surface area contributed by atoms with E-state index in [2.05, 4.69) is 16.2 Å². The number of carbonyl (C=O) groups excluding carboxylic acids is 1. The van der Waals surface area contributed by atoms with Gasteiger partial charge in [-0.15, -0.1) is 5.59 Å². The van der Waals surface area contributed by atoms with Crippen molar-refractivity contribution in [1.29, 1.82) is 0 Å². The maximum atomic E-state index is 9.97. The van der Waals surface area contributed by atoms with Crippen LogP contribution < -0.4 is 16.9 Å². The smallest absolute Gasteiger partial charge is 0.304 e. The lowest BCUT2D eigenvalue weighted by atomic mass is 11.1. The Morgan fingerprint density at radius 2 is 2.38 bits per heavy atom. The molecule has 0 saturated carbocycles. The zero-order valence-corrected chi connectivity index (χ0v) is 3.83. The number of nitrogens with two attached hydrogens (primary N) is 1. The number of rotatable bonds is 1. The Balaban J connectivity index is 3.33. The summed E-state index contributed by atoms with van der Waals surface area (Å²) in [5.41, 5.74) is 3.02. The fourth-order valence-electron chi connectivity index (χ4n) is 0.125. The maximum absolute atomic E-state index is 9.97. The fraction of sp³-hybridized carbons (Fsp3) is 0. The molecule has 2 amide bonds. The number of hydrogen-bond acceptors (Lipinski definition) is 4. The first-order chi connectivity index (χ1) is 3.81. The largest absolute Gasteiger partial charge is 0.377 e. The van der Waals surface area contributed by atoms with E-state index in [1.54, 1.807) is 5.43 Å². The molecule has 0 atom stereocenters. The van der Waals surface area contributed by atoms with E-state index in [1.165, 1.54) is 5.59 Å². The summed E-state index contributed by atoms with van der Waals surface area (Å²) in [5, 5.41) is 13.1. The van der Waals surface area contributed by atoms with Crippen LogP contribution in [-0.4, -0.2) is 11.2 Å². The van der Waals surface area contributed by atoms with Gasteiger partial charge in [0.15, 0.2) is 0 Å². The molecule has 0 spiro atoms.